The first-order valence-corrected chi connectivity index (χ1v) is 8.05. The van der Waals surface area contributed by atoms with Gasteiger partial charge in [0.25, 0.3) is 0 Å². The number of rotatable bonds is 7. The fourth-order valence-corrected chi connectivity index (χ4v) is 3.14. The molecule has 0 radical (unpaired) electrons. The number of aromatic amines is 1. The van der Waals surface area contributed by atoms with Gasteiger partial charge < -0.3 is 0 Å². The van der Waals surface area contributed by atoms with E-state index in [1.165, 1.54) is 16.9 Å². The Kier molecular flexibility index (Phi) is 4.80. The summed E-state index contributed by atoms with van der Waals surface area (Å²) in [6.45, 7) is 2.13. The van der Waals surface area contributed by atoms with E-state index in [-0.39, 0.29) is 9.92 Å². The van der Waals surface area contributed by atoms with Crippen molar-refractivity contribution < 1.29 is 4.92 Å². The highest BCUT2D eigenvalue weighted by Crippen LogP contribution is 2.24. The van der Waals surface area contributed by atoms with Crippen LogP contribution in [0.1, 0.15) is 16.8 Å². The number of nitrogens with one attached hydrogen (secondary N) is 1. The first-order chi connectivity index (χ1) is 11.2. The SMILES string of the molecule is O=[N+]([O-])c1cc(CN(Cc2ccccc2)Cc2ccn[nH]2)cs1. The molecule has 0 aliphatic rings. The molecule has 7 heteroatoms. The van der Waals surface area contributed by atoms with Gasteiger partial charge in [-0.05, 0) is 17.2 Å². The lowest BCUT2D eigenvalue weighted by Crippen LogP contribution is -2.22. The predicted octanol–water partition coefficient (Wildman–Crippen LogP) is 3.58. The van der Waals surface area contributed by atoms with Gasteiger partial charge in [-0.1, -0.05) is 41.7 Å². The zero-order valence-electron chi connectivity index (χ0n) is 12.4. The average Bonchev–Trinajstić information content (AvgIpc) is 3.20. The molecule has 0 saturated heterocycles. The molecular formula is C16H16N4O2S. The van der Waals surface area contributed by atoms with Crippen molar-refractivity contribution in [2.45, 2.75) is 19.6 Å². The number of hydrogen-bond donors (Lipinski definition) is 1. The van der Waals surface area contributed by atoms with Crippen molar-refractivity contribution in [2.24, 2.45) is 0 Å². The number of thiophene rings is 1. The van der Waals surface area contributed by atoms with Crippen molar-refractivity contribution in [3.8, 4) is 0 Å². The third-order valence-corrected chi connectivity index (χ3v) is 4.36. The maximum Gasteiger partial charge on any atom is 0.324 e. The number of nitrogens with zero attached hydrogens (tertiary/aromatic N) is 3. The molecule has 0 amide bonds. The molecular weight excluding hydrogens is 312 g/mol. The van der Waals surface area contributed by atoms with Crippen molar-refractivity contribution >= 4 is 16.3 Å². The standard InChI is InChI=1S/C16H16N4O2S/c21-20(22)16-8-14(12-23-16)10-19(11-15-6-7-17-18-15)9-13-4-2-1-3-5-13/h1-8,12H,9-11H2,(H,17,18). The van der Waals surface area contributed by atoms with Crippen LogP contribution in [0, 0.1) is 10.1 Å². The lowest BCUT2D eigenvalue weighted by Gasteiger charge is -2.21. The van der Waals surface area contributed by atoms with Crippen molar-refractivity contribution in [1.82, 2.24) is 15.1 Å². The van der Waals surface area contributed by atoms with Gasteiger partial charge in [-0.15, -0.1) is 0 Å². The van der Waals surface area contributed by atoms with Crippen molar-refractivity contribution in [3.05, 3.63) is 81.0 Å². The summed E-state index contributed by atoms with van der Waals surface area (Å²) in [5.41, 5.74) is 3.18. The van der Waals surface area contributed by atoms with Gasteiger partial charge in [0.15, 0.2) is 0 Å². The fourth-order valence-electron chi connectivity index (χ4n) is 2.42. The first kappa shape index (κ1) is 15.4. The van der Waals surface area contributed by atoms with Crippen LogP contribution in [0.4, 0.5) is 5.00 Å². The number of benzene rings is 1. The molecule has 1 N–H and O–H groups in total. The van der Waals surface area contributed by atoms with E-state index in [0.717, 1.165) is 17.8 Å². The highest BCUT2D eigenvalue weighted by atomic mass is 32.1. The van der Waals surface area contributed by atoms with E-state index in [1.807, 2.05) is 29.6 Å². The Morgan fingerprint density at radius 3 is 2.57 bits per heavy atom. The summed E-state index contributed by atoms with van der Waals surface area (Å²) in [7, 11) is 0. The summed E-state index contributed by atoms with van der Waals surface area (Å²) in [4.78, 5) is 12.7. The van der Waals surface area contributed by atoms with Gasteiger partial charge >= 0.3 is 5.00 Å². The van der Waals surface area contributed by atoms with E-state index in [2.05, 4.69) is 27.2 Å². The van der Waals surface area contributed by atoms with Crippen LogP contribution >= 0.6 is 11.3 Å². The molecule has 23 heavy (non-hydrogen) atoms. The molecule has 3 aromatic rings. The predicted molar refractivity (Wildman–Crippen MR) is 89.0 cm³/mol. The number of aromatic nitrogens is 2. The van der Waals surface area contributed by atoms with Gasteiger partial charge in [0.05, 0.1) is 4.92 Å². The van der Waals surface area contributed by atoms with Crippen molar-refractivity contribution in [2.75, 3.05) is 0 Å². The minimum absolute atomic E-state index is 0.182. The van der Waals surface area contributed by atoms with Crippen LogP contribution in [0.5, 0.6) is 0 Å². The van der Waals surface area contributed by atoms with Gasteiger partial charge in [-0.3, -0.25) is 20.1 Å². The van der Waals surface area contributed by atoms with Crippen LogP contribution in [0.2, 0.25) is 0 Å². The van der Waals surface area contributed by atoms with Crippen LogP contribution in [0.25, 0.3) is 0 Å². The Morgan fingerprint density at radius 1 is 1.13 bits per heavy atom. The summed E-state index contributed by atoms with van der Waals surface area (Å²) in [5.74, 6) is 0. The molecule has 0 aliphatic heterocycles. The van der Waals surface area contributed by atoms with E-state index in [9.17, 15) is 10.1 Å². The van der Waals surface area contributed by atoms with E-state index >= 15 is 0 Å². The van der Waals surface area contributed by atoms with E-state index in [0.29, 0.717) is 13.1 Å². The van der Waals surface area contributed by atoms with Crippen LogP contribution < -0.4 is 0 Å². The molecule has 0 unspecified atom stereocenters. The molecule has 6 nitrogen and oxygen atoms in total. The van der Waals surface area contributed by atoms with Gasteiger partial charge in [-0.2, -0.15) is 5.10 Å². The zero-order chi connectivity index (χ0) is 16.1. The minimum atomic E-state index is -0.343. The zero-order valence-corrected chi connectivity index (χ0v) is 13.2. The number of nitro groups is 1. The molecule has 3 rings (SSSR count). The monoisotopic (exact) mass is 328 g/mol. The number of H-pyrrole nitrogens is 1. The molecule has 0 spiro atoms. The molecule has 0 fully saturated rings. The lowest BCUT2D eigenvalue weighted by molar-refractivity contribution is -0.380. The molecule has 2 aromatic heterocycles. The van der Waals surface area contributed by atoms with Gasteiger partial charge in [0, 0.05) is 43.0 Å². The highest BCUT2D eigenvalue weighted by Gasteiger charge is 2.14. The molecule has 0 saturated carbocycles. The second kappa shape index (κ2) is 7.17. The Morgan fingerprint density at radius 2 is 1.91 bits per heavy atom. The smallest absolute Gasteiger partial charge is 0.289 e. The quantitative estimate of drug-likeness (QED) is 0.531. The van der Waals surface area contributed by atoms with Crippen LogP contribution in [-0.4, -0.2) is 20.0 Å². The Balaban J connectivity index is 1.74. The summed E-state index contributed by atoms with van der Waals surface area (Å²) >= 11 is 1.17. The fraction of sp³-hybridized carbons (Fsp3) is 0.188. The Bertz CT molecular complexity index is 756. The van der Waals surface area contributed by atoms with Crippen molar-refractivity contribution in [3.63, 3.8) is 0 Å². The third-order valence-electron chi connectivity index (χ3n) is 3.43. The molecule has 0 atom stereocenters. The topological polar surface area (TPSA) is 75.1 Å². The molecule has 1 aromatic carbocycles. The highest BCUT2D eigenvalue weighted by molar-refractivity contribution is 7.13. The van der Waals surface area contributed by atoms with E-state index in [4.69, 9.17) is 0 Å². The summed E-state index contributed by atoms with van der Waals surface area (Å²) < 4.78 is 0. The Labute approximate surface area is 137 Å². The second-order valence-electron chi connectivity index (χ2n) is 5.26. The maximum atomic E-state index is 10.8. The van der Waals surface area contributed by atoms with Crippen LogP contribution in [0.3, 0.4) is 0 Å². The molecule has 2 heterocycles. The summed E-state index contributed by atoms with van der Waals surface area (Å²) in [6.07, 6.45) is 1.73. The summed E-state index contributed by atoms with van der Waals surface area (Å²) in [6, 6.07) is 13.8. The normalized spacial score (nSPS) is 11.0. The van der Waals surface area contributed by atoms with Gasteiger partial charge in [0.1, 0.15) is 0 Å². The maximum absolute atomic E-state index is 10.8. The third kappa shape index (κ3) is 4.24. The van der Waals surface area contributed by atoms with Crippen LogP contribution in [0.15, 0.2) is 54.0 Å². The first-order valence-electron chi connectivity index (χ1n) is 7.17. The van der Waals surface area contributed by atoms with E-state index < -0.39 is 0 Å². The largest absolute Gasteiger partial charge is 0.324 e. The minimum Gasteiger partial charge on any atom is -0.289 e. The van der Waals surface area contributed by atoms with Crippen molar-refractivity contribution in [1.29, 1.82) is 0 Å². The number of hydrogen-bond acceptors (Lipinski definition) is 5. The van der Waals surface area contributed by atoms with E-state index in [1.54, 1.807) is 12.3 Å². The summed E-state index contributed by atoms with van der Waals surface area (Å²) in [5, 5.41) is 19.8. The van der Waals surface area contributed by atoms with Gasteiger partial charge in [0.2, 0.25) is 0 Å². The molecule has 118 valence electrons. The molecule has 0 bridgehead atoms. The Hall–Kier alpha value is -2.51. The van der Waals surface area contributed by atoms with Crippen LogP contribution in [-0.2, 0) is 19.6 Å². The second-order valence-corrected chi connectivity index (χ2v) is 6.15. The molecule has 0 aliphatic carbocycles. The average molecular weight is 328 g/mol. The van der Waals surface area contributed by atoms with Gasteiger partial charge in [-0.25, -0.2) is 0 Å². The lowest BCUT2D eigenvalue weighted by atomic mass is 10.2.